The van der Waals surface area contributed by atoms with Crippen LogP contribution < -0.4 is 19.8 Å². The molecule has 1 heterocycles. The largest absolute Gasteiger partial charge is 0.497 e. The quantitative estimate of drug-likeness (QED) is 0.180. The Kier molecular flexibility index (Phi) is 6.96. The van der Waals surface area contributed by atoms with E-state index >= 15 is 0 Å². The molecule has 0 atom stereocenters. The van der Waals surface area contributed by atoms with Crippen LogP contribution in [-0.4, -0.2) is 39.4 Å². The molecule has 0 amide bonds. The van der Waals surface area contributed by atoms with Crippen LogP contribution in [0.15, 0.2) is 125 Å². The van der Waals surface area contributed by atoms with Crippen molar-refractivity contribution in [2.75, 3.05) is 26.7 Å². The van der Waals surface area contributed by atoms with Crippen LogP contribution >= 0.6 is 10.0 Å². The first kappa shape index (κ1) is 27.2. The van der Waals surface area contributed by atoms with Gasteiger partial charge in [0.2, 0.25) is 0 Å². The normalized spacial score (nSPS) is 12.5. The molecule has 41 heavy (non-hydrogen) atoms. The third-order valence-electron chi connectivity index (χ3n) is 8.52. The summed E-state index contributed by atoms with van der Waals surface area (Å²) in [6, 6.07) is 42.2. The fraction of sp³-hybridized carbons (Fsp3) is 0.167. The van der Waals surface area contributed by atoms with Crippen molar-refractivity contribution in [2.24, 2.45) is 0 Å². The summed E-state index contributed by atoms with van der Waals surface area (Å²) in [5.74, 6) is 1.79. The zero-order valence-corrected chi connectivity index (χ0v) is 26.5. The van der Waals surface area contributed by atoms with Crippen molar-refractivity contribution >= 4 is 50.3 Å². The summed E-state index contributed by atoms with van der Waals surface area (Å²) in [5.41, 5.74) is 3.66. The van der Waals surface area contributed by atoms with E-state index in [-0.39, 0.29) is 0 Å². The molecule has 0 unspecified atom stereocenters. The lowest BCUT2D eigenvalue weighted by Crippen LogP contribution is -2.52. The van der Waals surface area contributed by atoms with Crippen LogP contribution in [0.4, 0.5) is 0 Å². The lowest BCUT2D eigenvalue weighted by Gasteiger charge is -2.32. The second kappa shape index (κ2) is 10.5. The van der Waals surface area contributed by atoms with Crippen molar-refractivity contribution < 1.29 is 9.47 Å². The third kappa shape index (κ3) is 4.73. The van der Waals surface area contributed by atoms with E-state index in [0.29, 0.717) is 0 Å². The van der Waals surface area contributed by atoms with E-state index in [1.54, 1.807) is 14.2 Å². The van der Waals surface area contributed by atoms with Crippen molar-refractivity contribution in [3.63, 3.8) is 0 Å². The van der Waals surface area contributed by atoms with E-state index in [1.165, 1.54) is 47.7 Å². The summed E-state index contributed by atoms with van der Waals surface area (Å²) in [6.07, 6.45) is 4.77. The number of methoxy groups -OCH3 is 2. The average molecular weight is 576 g/mol. The van der Waals surface area contributed by atoms with Gasteiger partial charge in [0.05, 0.1) is 25.3 Å². The van der Waals surface area contributed by atoms with Gasteiger partial charge in [-0.3, -0.25) is 0 Å². The Hall–Kier alpha value is -3.93. The second-order valence-corrected chi connectivity index (χ2v) is 19.4. The SMILES string of the molecule is COc1ccc([Si](C)(C)c2ccc3c(c2)c2cc(S(C)(C)c4ccc(OC)cc4)ccc2n3-c2ccccc2)cc1. The van der Waals surface area contributed by atoms with Crippen molar-refractivity contribution in [3.05, 3.63) is 115 Å². The molecule has 6 rings (SSSR count). The molecule has 0 fully saturated rings. The number of nitrogens with zero attached hydrogens (tertiary/aromatic N) is 1. The Labute approximate surface area is 245 Å². The Morgan fingerprint density at radius 1 is 0.561 bits per heavy atom. The highest BCUT2D eigenvalue weighted by Gasteiger charge is 2.28. The van der Waals surface area contributed by atoms with E-state index in [2.05, 4.69) is 145 Å². The molecule has 0 saturated carbocycles. The summed E-state index contributed by atoms with van der Waals surface area (Å²) in [4.78, 5) is 2.72. The number of aromatic nitrogens is 1. The zero-order chi connectivity index (χ0) is 28.8. The summed E-state index contributed by atoms with van der Waals surface area (Å²) >= 11 is 0. The minimum Gasteiger partial charge on any atom is -0.497 e. The lowest BCUT2D eigenvalue weighted by atomic mass is 10.1. The number of ether oxygens (including phenoxy) is 2. The van der Waals surface area contributed by atoms with E-state index in [4.69, 9.17) is 9.47 Å². The van der Waals surface area contributed by atoms with Gasteiger partial charge in [0.25, 0.3) is 0 Å². The van der Waals surface area contributed by atoms with Crippen LogP contribution in [0.1, 0.15) is 0 Å². The van der Waals surface area contributed by atoms with Crippen LogP contribution in [0.5, 0.6) is 11.5 Å². The van der Waals surface area contributed by atoms with E-state index in [0.717, 1.165) is 11.5 Å². The molecule has 3 nitrogen and oxygen atoms in total. The fourth-order valence-corrected chi connectivity index (χ4v) is 10.0. The minimum absolute atomic E-state index is 0.890. The monoisotopic (exact) mass is 575 g/mol. The molecule has 0 radical (unpaired) electrons. The Bertz CT molecular complexity index is 1720. The molecule has 5 heteroatoms. The minimum atomic E-state index is -1.95. The van der Waals surface area contributed by atoms with Crippen LogP contribution in [0.2, 0.25) is 13.1 Å². The summed E-state index contributed by atoms with van der Waals surface area (Å²) in [7, 11) is 0.256. The molecule has 0 N–H and O–H groups in total. The maximum Gasteiger partial charge on any atom is 0.118 e. The molecule has 0 aliphatic carbocycles. The maximum atomic E-state index is 5.43. The smallest absolute Gasteiger partial charge is 0.118 e. The Morgan fingerprint density at radius 3 is 1.68 bits per heavy atom. The van der Waals surface area contributed by atoms with Gasteiger partial charge in [-0.1, -0.05) is 65.9 Å². The first-order chi connectivity index (χ1) is 19.7. The first-order valence-electron chi connectivity index (χ1n) is 13.9. The predicted molar refractivity (Wildman–Crippen MR) is 179 cm³/mol. The van der Waals surface area contributed by atoms with Crippen molar-refractivity contribution in [2.45, 2.75) is 22.9 Å². The predicted octanol–water partition coefficient (Wildman–Crippen LogP) is 8.11. The fourth-order valence-electron chi connectivity index (χ4n) is 5.79. The zero-order valence-electron chi connectivity index (χ0n) is 24.6. The molecule has 0 bridgehead atoms. The number of fused-ring (bicyclic) bond motifs is 3. The molecule has 0 aliphatic rings. The van der Waals surface area contributed by atoms with Gasteiger partial charge in [-0.2, -0.15) is 10.0 Å². The summed E-state index contributed by atoms with van der Waals surface area (Å²) in [6.45, 7) is 4.88. The topological polar surface area (TPSA) is 23.4 Å². The molecular weight excluding hydrogens is 539 g/mol. The first-order valence-corrected chi connectivity index (χ1v) is 19.3. The number of hydrogen-bond donors (Lipinski definition) is 0. The van der Waals surface area contributed by atoms with Gasteiger partial charge in [-0.15, -0.1) is 0 Å². The van der Waals surface area contributed by atoms with E-state index in [9.17, 15) is 0 Å². The van der Waals surface area contributed by atoms with Crippen LogP contribution in [0, 0.1) is 0 Å². The van der Waals surface area contributed by atoms with Gasteiger partial charge < -0.3 is 14.0 Å². The summed E-state index contributed by atoms with van der Waals surface area (Å²) < 4.78 is 13.3. The molecule has 0 saturated heterocycles. The van der Waals surface area contributed by atoms with Gasteiger partial charge in [0.15, 0.2) is 0 Å². The molecule has 208 valence electrons. The number of para-hydroxylation sites is 1. The highest BCUT2D eigenvalue weighted by Crippen LogP contribution is 2.57. The third-order valence-corrected chi connectivity index (χ3v) is 14.9. The van der Waals surface area contributed by atoms with Gasteiger partial charge in [-0.25, -0.2) is 0 Å². The molecule has 0 spiro atoms. The van der Waals surface area contributed by atoms with Crippen molar-refractivity contribution in [3.8, 4) is 17.2 Å². The number of benzene rings is 5. The maximum absolute atomic E-state index is 5.43. The van der Waals surface area contributed by atoms with Crippen LogP contribution in [0.25, 0.3) is 27.5 Å². The highest BCUT2D eigenvalue weighted by atomic mass is 32.3. The number of rotatable bonds is 7. The van der Waals surface area contributed by atoms with Gasteiger partial charge in [-0.05, 0) is 95.1 Å². The highest BCUT2D eigenvalue weighted by molar-refractivity contribution is 8.32. The second-order valence-electron chi connectivity index (χ2n) is 11.4. The van der Waals surface area contributed by atoms with E-state index in [1.807, 2.05) is 0 Å². The molecule has 1 aromatic heterocycles. The Morgan fingerprint density at radius 2 is 1.07 bits per heavy atom. The molecule has 5 aromatic carbocycles. The molecule has 6 aromatic rings. The van der Waals surface area contributed by atoms with Gasteiger partial charge >= 0.3 is 0 Å². The summed E-state index contributed by atoms with van der Waals surface area (Å²) in [5, 5.41) is 5.43. The lowest BCUT2D eigenvalue weighted by molar-refractivity contribution is 0.414. The standard InChI is InChI=1S/C36H37NO2SSi/c1-38-27-12-16-29(17-13-27)40(3,4)30-18-22-35-33(24-30)34-25-32(41(5,6)31-19-14-28(39-2)15-20-31)21-23-36(34)37(35)26-10-8-7-9-11-26/h7-25H,1-6H3. The van der Waals surface area contributed by atoms with Crippen molar-refractivity contribution in [1.29, 1.82) is 0 Å². The van der Waals surface area contributed by atoms with Crippen LogP contribution in [0.3, 0.4) is 0 Å². The average Bonchev–Trinajstić information content (AvgIpc) is 3.34. The molecule has 0 aliphatic heterocycles. The van der Waals surface area contributed by atoms with E-state index < -0.39 is 18.1 Å². The molecular formula is C36H37NO2SSi. The Balaban J connectivity index is 1.56. The number of hydrogen-bond acceptors (Lipinski definition) is 2. The van der Waals surface area contributed by atoms with Gasteiger partial charge in [0, 0.05) is 16.5 Å². The van der Waals surface area contributed by atoms with Crippen molar-refractivity contribution in [1.82, 2.24) is 4.57 Å². The van der Waals surface area contributed by atoms with Crippen LogP contribution in [-0.2, 0) is 0 Å². The van der Waals surface area contributed by atoms with Gasteiger partial charge in [0.1, 0.15) is 19.6 Å².